The van der Waals surface area contributed by atoms with Crippen LogP contribution in [-0.4, -0.2) is 15.6 Å². The quantitative estimate of drug-likeness (QED) is 0.800. The Morgan fingerprint density at radius 1 is 1.47 bits per heavy atom. The van der Waals surface area contributed by atoms with Gasteiger partial charge in [-0.3, -0.25) is 9.48 Å². The van der Waals surface area contributed by atoms with Crippen molar-refractivity contribution in [3.8, 4) is 0 Å². The van der Waals surface area contributed by atoms with E-state index in [2.05, 4.69) is 18.9 Å². The van der Waals surface area contributed by atoms with Crippen molar-refractivity contribution in [3.63, 3.8) is 0 Å². The maximum Gasteiger partial charge on any atom is 0.142 e. The van der Waals surface area contributed by atoms with Crippen molar-refractivity contribution in [2.24, 2.45) is 17.8 Å². The summed E-state index contributed by atoms with van der Waals surface area (Å²) >= 11 is 0. The zero-order valence-electron chi connectivity index (χ0n) is 10.6. The van der Waals surface area contributed by atoms with E-state index in [0.717, 1.165) is 17.5 Å². The second-order valence-electron chi connectivity index (χ2n) is 5.81. The second kappa shape index (κ2) is 3.97. The lowest BCUT2D eigenvalue weighted by atomic mass is 10.0. The van der Waals surface area contributed by atoms with Gasteiger partial charge >= 0.3 is 0 Å². The normalized spacial score (nSPS) is 30.6. The molecule has 92 valence electrons. The summed E-state index contributed by atoms with van der Waals surface area (Å²) in [7, 11) is 0. The highest BCUT2D eigenvalue weighted by molar-refractivity contribution is 5.86. The Balaban J connectivity index is 1.61. The highest BCUT2D eigenvalue weighted by atomic mass is 16.1. The third-order valence-corrected chi connectivity index (χ3v) is 4.33. The van der Waals surface area contributed by atoms with Crippen molar-refractivity contribution in [1.82, 2.24) is 9.78 Å². The summed E-state index contributed by atoms with van der Waals surface area (Å²) in [6.07, 6.45) is 6.41. The summed E-state index contributed by atoms with van der Waals surface area (Å²) in [6.45, 7) is 4.20. The van der Waals surface area contributed by atoms with Crippen LogP contribution < -0.4 is 0 Å². The van der Waals surface area contributed by atoms with Gasteiger partial charge in [0.05, 0.1) is 12.1 Å². The molecule has 2 saturated carbocycles. The molecule has 0 bridgehead atoms. The molecule has 2 unspecified atom stereocenters. The number of hydrogen-bond donors (Lipinski definition) is 0. The standard InChI is InChI=1S/C14H20N2O/c1-9(2)16-7-6-10(15-16)8-13(17)14-11-4-3-5-12(11)14/h6-7,9,11-12,14H,3-5,8H2,1-2H3. The van der Waals surface area contributed by atoms with Crippen LogP contribution in [0.2, 0.25) is 0 Å². The number of fused-ring (bicyclic) bond motifs is 1. The number of rotatable bonds is 4. The Hall–Kier alpha value is -1.12. The fourth-order valence-corrected chi connectivity index (χ4v) is 3.35. The maximum atomic E-state index is 12.1. The summed E-state index contributed by atoms with van der Waals surface area (Å²) in [4.78, 5) is 12.1. The molecule has 3 rings (SSSR count). The van der Waals surface area contributed by atoms with E-state index in [1.807, 2.05) is 16.9 Å². The molecule has 2 fully saturated rings. The monoisotopic (exact) mass is 232 g/mol. The highest BCUT2D eigenvalue weighted by Gasteiger charge is 2.55. The molecule has 2 aliphatic rings. The first-order valence-electron chi connectivity index (χ1n) is 6.73. The smallest absolute Gasteiger partial charge is 0.142 e. The Labute approximate surface area is 102 Å². The lowest BCUT2D eigenvalue weighted by Crippen LogP contribution is -2.10. The van der Waals surface area contributed by atoms with E-state index < -0.39 is 0 Å². The SMILES string of the molecule is CC(C)n1ccc(CC(=O)C2C3CCCC32)n1. The number of carbonyl (C=O) groups is 1. The van der Waals surface area contributed by atoms with Crippen LogP contribution in [0.25, 0.3) is 0 Å². The van der Waals surface area contributed by atoms with Gasteiger partial charge in [0.2, 0.25) is 0 Å². The van der Waals surface area contributed by atoms with Crippen LogP contribution in [0.1, 0.15) is 44.8 Å². The van der Waals surface area contributed by atoms with Gasteiger partial charge in [-0.15, -0.1) is 0 Å². The molecule has 1 aromatic heterocycles. The minimum atomic E-state index is 0.374. The third-order valence-electron chi connectivity index (χ3n) is 4.33. The van der Waals surface area contributed by atoms with E-state index >= 15 is 0 Å². The lowest BCUT2D eigenvalue weighted by Gasteiger charge is -2.04. The number of nitrogens with zero attached hydrogens (tertiary/aromatic N) is 2. The van der Waals surface area contributed by atoms with Crippen LogP contribution in [-0.2, 0) is 11.2 Å². The van der Waals surface area contributed by atoms with Gasteiger partial charge in [-0.1, -0.05) is 6.42 Å². The van der Waals surface area contributed by atoms with E-state index in [-0.39, 0.29) is 0 Å². The van der Waals surface area contributed by atoms with Crippen molar-refractivity contribution in [2.45, 2.75) is 45.6 Å². The topological polar surface area (TPSA) is 34.9 Å². The average Bonchev–Trinajstić information content (AvgIpc) is 2.72. The number of ketones is 1. The molecule has 1 heterocycles. The minimum absolute atomic E-state index is 0.374. The van der Waals surface area contributed by atoms with E-state index in [9.17, 15) is 4.79 Å². The fraction of sp³-hybridized carbons (Fsp3) is 0.714. The van der Waals surface area contributed by atoms with E-state index in [1.54, 1.807) is 0 Å². The molecule has 0 aromatic carbocycles. The molecule has 2 aliphatic carbocycles. The number of aromatic nitrogens is 2. The van der Waals surface area contributed by atoms with Gasteiger partial charge in [0.25, 0.3) is 0 Å². The van der Waals surface area contributed by atoms with Crippen molar-refractivity contribution in [2.75, 3.05) is 0 Å². The molecular weight excluding hydrogens is 212 g/mol. The van der Waals surface area contributed by atoms with Crippen molar-refractivity contribution in [1.29, 1.82) is 0 Å². The zero-order chi connectivity index (χ0) is 12.0. The van der Waals surface area contributed by atoms with Crippen LogP contribution in [0.4, 0.5) is 0 Å². The van der Waals surface area contributed by atoms with E-state index in [0.29, 0.717) is 24.2 Å². The van der Waals surface area contributed by atoms with Gasteiger partial charge in [0.1, 0.15) is 5.78 Å². The van der Waals surface area contributed by atoms with E-state index in [1.165, 1.54) is 19.3 Å². The van der Waals surface area contributed by atoms with Crippen molar-refractivity contribution in [3.05, 3.63) is 18.0 Å². The predicted octanol–water partition coefficient (Wildman–Crippen LogP) is 2.62. The Morgan fingerprint density at radius 3 is 2.76 bits per heavy atom. The lowest BCUT2D eigenvalue weighted by molar-refractivity contribution is -0.120. The molecule has 2 atom stereocenters. The molecule has 1 aromatic rings. The summed E-state index contributed by atoms with van der Waals surface area (Å²) < 4.78 is 1.93. The number of carbonyl (C=O) groups excluding carboxylic acids is 1. The van der Waals surface area contributed by atoms with E-state index in [4.69, 9.17) is 0 Å². The van der Waals surface area contributed by atoms with Gasteiger partial charge in [0, 0.05) is 18.2 Å². The molecule has 0 amide bonds. The fourth-order valence-electron chi connectivity index (χ4n) is 3.35. The molecule has 0 saturated heterocycles. The largest absolute Gasteiger partial charge is 0.299 e. The predicted molar refractivity (Wildman–Crippen MR) is 65.6 cm³/mol. The van der Waals surface area contributed by atoms with Crippen LogP contribution in [0.15, 0.2) is 12.3 Å². The summed E-state index contributed by atoms with van der Waals surface area (Å²) in [6, 6.07) is 2.36. The Kier molecular flexibility index (Phi) is 2.57. The molecule has 17 heavy (non-hydrogen) atoms. The third kappa shape index (κ3) is 1.92. The van der Waals surface area contributed by atoms with Crippen LogP contribution in [0.3, 0.4) is 0 Å². The van der Waals surface area contributed by atoms with Crippen LogP contribution >= 0.6 is 0 Å². The van der Waals surface area contributed by atoms with Crippen LogP contribution in [0, 0.1) is 17.8 Å². The first-order valence-corrected chi connectivity index (χ1v) is 6.73. The number of hydrogen-bond acceptors (Lipinski definition) is 2. The molecular formula is C14H20N2O. The minimum Gasteiger partial charge on any atom is -0.299 e. The van der Waals surface area contributed by atoms with Gasteiger partial charge in [-0.25, -0.2) is 0 Å². The first kappa shape index (κ1) is 11.0. The first-order chi connectivity index (χ1) is 8.16. The van der Waals surface area contributed by atoms with Gasteiger partial charge < -0.3 is 0 Å². The molecule has 0 radical (unpaired) electrons. The molecule has 3 heteroatoms. The molecule has 0 N–H and O–H groups in total. The molecule has 3 nitrogen and oxygen atoms in total. The second-order valence-corrected chi connectivity index (χ2v) is 5.81. The summed E-state index contributed by atoms with van der Waals surface area (Å²) in [5, 5.41) is 4.45. The Bertz CT molecular complexity index is 425. The van der Waals surface area contributed by atoms with Crippen molar-refractivity contribution < 1.29 is 4.79 Å². The van der Waals surface area contributed by atoms with Crippen LogP contribution in [0.5, 0.6) is 0 Å². The van der Waals surface area contributed by atoms with Gasteiger partial charge in [-0.05, 0) is 44.6 Å². The summed E-state index contributed by atoms with van der Waals surface area (Å²) in [5.74, 6) is 2.27. The summed E-state index contributed by atoms with van der Waals surface area (Å²) in [5.41, 5.74) is 0.939. The zero-order valence-corrected chi connectivity index (χ0v) is 10.6. The maximum absolute atomic E-state index is 12.1. The highest BCUT2D eigenvalue weighted by Crippen LogP contribution is 2.58. The Morgan fingerprint density at radius 2 is 2.18 bits per heavy atom. The van der Waals surface area contributed by atoms with Gasteiger partial charge in [-0.2, -0.15) is 5.10 Å². The average molecular weight is 232 g/mol. The van der Waals surface area contributed by atoms with Gasteiger partial charge in [0.15, 0.2) is 0 Å². The van der Waals surface area contributed by atoms with Crippen molar-refractivity contribution >= 4 is 5.78 Å². The molecule has 0 aliphatic heterocycles. The molecule has 0 spiro atoms. The number of Topliss-reactive ketones (excluding diaryl/α,β-unsaturated/α-hetero) is 1.